The number of hydrogen-bond donors (Lipinski definition) is 1. The van der Waals surface area contributed by atoms with Crippen molar-refractivity contribution in [3.05, 3.63) is 10.9 Å². The first-order chi connectivity index (χ1) is 7.43. The number of ether oxygens (including phenoxy) is 1. The molecule has 92 valence electrons. The fourth-order valence-electron chi connectivity index (χ4n) is 1.26. The molecule has 0 fully saturated rings. The van der Waals surface area contributed by atoms with Gasteiger partial charge >= 0.3 is 5.97 Å². The SMILES string of the molecule is CCC(P=O)=C(C(=O)O)C(C)OCC(C)C. The van der Waals surface area contributed by atoms with Crippen LogP contribution in [0.5, 0.6) is 0 Å². The van der Waals surface area contributed by atoms with Crippen LogP contribution in [-0.2, 0) is 14.1 Å². The topological polar surface area (TPSA) is 63.6 Å². The molecule has 1 unspecified atom stereocenters. The van der Waals surface area contributed by atoms with Gasteiger partial charge in [0, 0.05) is 11.9 Å². The number of hydrogen-bond acceptors (Lipinski definition) is 3. The molecule has 0 saturated heterocycles. The molecule has 0 aromatic carbocycles. The average molecular weight is 246 g/mol. The van der Waals surface area contributed by atoms with Crippen LogP contribution in [0.25, 0.3) is 0 Å². The maximum Gasteiger partial charge on any atom is 0.334 e. The van der Waals surface area contributed by atoms with Crippen molar-refractivity contribution in [1.82, 2.24) is 0 Å². The lowest BCUT2D eigenvalue weighted by Crippen LogP contribution is -2.21. The highest BCUT2D eigenvalue weighted by atomic mass is 31.1. The first kappa shape index (κ1) is 15.3. The summed E-state index contributed by atoms with van der Waals surface area (Å²) < 4.78 is 16.3. The normalized spacial score (nSPS) is 15.1. The molecule has 0 aromatic heterocycles. The average Bonchev–Trinajstić information content (AvgIpc) is 2.21. The third-order valence-electron chi connectivity index (χ3n) is 2.07. The Morgan fingerprint density at radius 3 is 2.25 bits per heavy atom. The van der Waals surface area contributed by atoms with Crippen molar-refractivity contribution in [2.75, 3.05) is 6.61 Å². The van der Waals surface area contributed by atoms with Crippen LogP contribution in [0, 0.1) is 5.92 Å². The van der Waals surface area contributed by atoms with Crippen LogP contribution in [0.4, 0.5) is 0 Å². The van der Waals surface area contributed by atoms with E-state index in [1.807, 2.05) is 13.8 Å². The minimum Gasteiger partial charge on any atom is -0.478 e. The Hall–Kier alpha value is -0.730. The number of aliphatic carboxylic acids is 1. The summed E-state index contributed by atoms with van der Waals surface area (Å²) in [7, 11) is -0.240. The van der Waals surface area contributed by atoms with Gasteiger partial charge in [-0.25, -0.2) is 4.79 Å². The number of carbonyl (C=O) groups is 1. The van der Waals surface area contributed by atoms with Crippen LogP contribution >= 0.6 is 8.46 Å². The summed E-state index contributed by atoms with van der Waals surface area (Å²) in [5.41, 5.74) is 0.111. The van der Waals surface area contributed by atoms with Crippen LogP contribution < -0.4 is 0 Å². The van der Waals surface area contributed by atoms with E-state index in [0.717, 1.165) is 0 Å². The standard InChI is InChI=1S/C11H19O4P/c1-5-9(16-14)10(11(12)13)8(4)15-6-7(2)3/h7-8H,5-6H2,1-4H3,(H,12,13). The zero-order chi connectivity index (χ0) is 12.7. The highest BCUT2D eigenvalue weighted by molar-refractivity contribution is 7.29. The Balaban J connectivity index is 4.85. The van der Waals surface area contributed by atoms with Crippen molar-refractivity contribution in [3.63, 3.8) is 0 Å². The fourth-order valence-corrected chi connectivity index (χ4v) is 1.76. The second-order valence-corrected chi connectivity index (χ2v) is 4.70. The molecule has 0 amide bonds. The maximum atomic E-state index is 11.1. The lowest BCUT2D eigenvalue weighted by Gasteiger charge is -2.16. The summed E-state index contributed by atoms with van der Waals surface area (Å²) in [5.74, 6) is -0.719. The van der Waals surface area contributed by atoms with Crippen LogP contribution in [0.1, 0.15) is 34.1 Å². The Labute approximate surface area is 97.9 Å². The van der Waals surface area contributed by atoms with E-state index in [4.69, 9.17) is 9.84 Å². The van der Waals surface area contributed by atoms with Gasteiger partial charge < -0.3 is 9.84 Å². The molecular weight excluding hydrogens is 227 g/mol. The molecule has 0 aliphatic carbocycles. The lowest BCUT2D eigenvalue weighted by molar-refractivity contribution is -0.134. The first-order valence-electron chi connectivity index (χ1n) is 5.35. The Morgan fingerprint density at radius 1 is 1.38 bits per heavy atom. The van der Waals surface area contributed by atoms with Gasteiger partial charge in [0.25, 0.3) is 0 Å². The number of carboxylic acid groups (broad SMARTS) is 1. The van der Waals surface area contributed by atoms with Gasteiger partial charge in [-0.3, -0.25) is 4.57 Å². The van der Waals surface area contributed by atoms with Gasteiger partial charge in [-0.1, -0.05) is 20.8 Å². The largest absolute Gasteiger partial charge is 0.478 e. The second-order valence-electron chi connectivity index (χ2n) is 3.98. The smallest absolute Gasteiger partial charge is 0.334 e. The van der Waals surface area contributed by atoms with Gasteiger partial charge in [-0.2, -0.15) is 0 Å². The molecule has 0 bridgehead atoms. The van der Waals surface area contributed by atoms with Gasteiger partial charge in [-0.05, 0) is 19.3 Å². The predicted octanol–water partition coefficient (Wildman–Crippen LogP) is 3.09. The van der Waals surface area contributed by atoms with Crippen LogP contribution in [0.2, 0.25) is 0 Å². The molecule has 1 atom stereocenters. The summed E-state index contributed by atoms with van der Waals surface area (Å²) in [5, 5.41) is 9.45. The van der Waals surface area contributed by atoms with E-state index in [-0.39, 0.29) is 14.0 Å². The molecule has 0 aliphatic rings. The Kier molecular flexibility index (Phi) is 7.18. The molecule has 0 aliphatic heterocycles. The van der Waals surface area contributed by atoms with E-state index >= 15 is 0 Å². The summed E-state index contributed by atoms with van der Waals surface area (Å²) in [6.45, 7) is 7.92. The van der Waals surface area contributed by atoms with Crippen molar-refractivity contribution < 1.29 is 19.2 Å². The van der Waals surface area contributed by atoms with Gasteiger partial charge in [0.2, 0.25) is 0 Å². The van der Waals surface area contributed by atoms with Crippen LogP contribution in [0.15, 0.2) is 10.9 Å². The summed E-state index contributed by atoms with van der Waals surface area (Å²) in [6, 6.07) is 0. The molecule has 0 saturated carbocycles. The van der Waals surface area contributed by atoms with Crippen molar-refractivity contribution in [2.24, 2.45) is 5.92 Å². The summed E-state index contributed by atoms with van der Waals surface area (Å²) in [6.07, 6.45) is -0.0847. The molecule has 0 aromatic rings. The monoisotopic (exact) mass is 246 g/mol. The van der Waals surface area contributed by atoms with Gasteiger partial charge in [0.15, 0.2) is 8.46 Å². The fraction of sp³-hybridized carbons (Fsp3) is 0.727. The second kappa shape index (κ2) is 7.53. The molecular formula is C11H19O4P. The number of carboxylic acids is 1. The van der Waals surface area contributed by atoms with Crippen molar-refractivity contribution >= 4 is 14.4 Å². The molecule has 0 radical (unpaired) electrons. The Bertz CT molecular complexity index is 284. The van der Waals surface area contributed by atoms with Crippen molar-refractivity contribution in [1.29, 1.82) is 0 Å². The first-order valence-corrected chi connectivity index (χ1v) is 6.16. The molecule has 0 heterocycles. The quantitative estimate of drug-likeness (QED) is 0.553. The minimum atomic E-state index is -1.06. The molecule has 5 heteroatoms. The van der Waals surface area contributed by atoms with Crippen LogP contribution in [-0.4, -0.2) is 23.8 Å². The van der Waals surface area contributed by atoms with Gasteiger partial charge in [-0.15, -0.1) is 0 Å². The zero-order valence-electron chi connectivity index (χ0n) is 10.2. The lowest BCUT2D eigenvalue weighted by atomic mass is 10.1. The minimum absolute atomic E-state index is 0.111. The van der Waals surface area contributed by atoms with E-state index < -0.39 is 12.1 Å². The highest BCUT2D eigenvalue weighted by Gasteiger charge is 2.21. The Morgan fingerprint density at radius 2 is 1.94 bits per heavy atom. The van der Waals surface area contributed by atoms with Crippen molar-refractivity contribution in [3.8, 4) is 0 Å². The van der Waals surface area contributed by atoms with E-state index in [9.17, 15) is 9.36 Å². The molecule has 0 rings (SSSR count). The van der Waals surface area contributed by atoms with E-state index in [0.29, 0.717) is 24.3 Å². The molecule has 4 nitrogen and oxygen atoms in total. The number of rotatable bonds is 7. The highest BCUT2D eigenvalue weighted by Crippen LogP contribution is 2.24. The summed E-state index contributed by atoms with van der Waals surface area (Å²) >= 11 is 0. The molecule has 16 heavy (non-hydrogen) atoms. The molecule has 1 N–H and O–H groups in total. The van der Waals surface area contributed by atoms with E-state index in [1.54, 1.807) is 13.8 Å². The van der Waals surface area contributed by atoms with E-state index in [2.05, 4.69) is 0 Å². The third-order valence-corrected chi connectivity index (χ3v) is 2.85. The van der Waals surface area contributed by atoms with Gasteiger partial charge in [0.05, 0.1) is 11.7 Å². The van der Waals surface area contributed by atoms with Crippen molar-refractivity contribution in [2.45, 2.75) is 40.2 Å². The van der Waals surface area contributed by atoms with Crippen LogP contribution in [0.3, 0.4) is 0 Å². The maximum absolute atomic E-state index is 11.1. The predicted molar refractivity (Wildman–Crippen MR) is 62.8 cm³/mol. The molecule has 0 spiro atoms. The van der Waals surface area contributed by atoms with Gasteiger partial charge in [0.1, 0.15) is 0 Å². The number of allylic oxidation sites excluding steroid dienone is 1. The van der Waals surface area contributed by atoms with E-state index in [1.165, 1.54) is 0 Å². The third kappa shape index (κ3) is 4.86. The summed E-state index contributed by atoms with van der Waals surface area (Å²) in [4.78, 5) is 11.1. The zero-order valence-corrected chi connectivity index (χ0v) is 11.1.